The molecule has 3 heteroatoms. The van der Waals surface area contributed by atoms with E-state index in [1.165, 1.54) is 6.07 Å². The monoisotopic (exact) mass is 270 g/mol. The van der Waals surface area contributed by atoms with E-state index in [1.54, 1.807) is 12.1 Å². The van der Waals surface area contributed by atoms with E-state index >= 15 is 0 Å². The number of rotatable bonds is 1. The van der Waals surface area contributed by atoms with E-state index < -0.39 is 0 Å². The summed E-state index contributed by atoms with van der Waals surface area (Å²) in [5.74, 6) is 0.255. The third kappa shape index (κ3) is 1.83. The Morgan fingerprint density at radius 2 is 2.20 bits per heavy atom. The van der Waals surface area contributed by atoms with Crippen molar-refractivity contribution < 1.29 is 4.39 Å². The van der Waals surface area contributed by atoms with Gasteiger partial charge in [0, 0.05) is 9.45 Å². The van der Waals surface area contributed by atoms with Crippen LogP contribution >= 0.6 is 34.2 Å². The highest BCUT2D eigenvalue weighted by Gasteiger charge is 1.97. The van der Waals surface area contributed by atoms with Crippen molar-refractivity contribution >= 4 is 34.2 Å². The molecule has 54 valence electrons. The van der Waals surface area contributed by atoms with Crippen LogP contribution in [0.2, 0.25) is 0 Å². The van der Waals surface area contributed by atoms with Crippen LogP contribution in [0.4, 0.5) is 4.39 Å². The molecule has 0 N–H and O–H groups in total. The van der Waals surface area contributed by atoms with Crippen molar-refractivity contribution in [3.63, 3.8) is 0 Å². The molecular weight excluding hydrogens is 265 g/mol. The second-order valence-corrected chi connectivity index (χ2v) is 3.31. The number of alkyl halides is 1. The van der Waals surface area contributed by atoms with Crippen LogP contribution in [0.3, 0.4) is 0 Å². The third-order valence-corrected chi connectivity index (χ3v) is 2.27. The molecule has 0 amide bonds. The fourth-order valence-electron chi connectivity index (χ4n) is 0.623. The minimum atomic E-state index is -0.186. The van der Waals surface area contributed by atoms with Crippen molar-refractivity contribution in [2.75, 3.05) is 0 Å². The van der Waals surface area contributed by atoms with Crippen molar-refractivity contribution in [3.8, 4) is 0 Å². The Morgan fingerprint density at radius 1 is 1.50 bits per heavy atom. The summed E-state index contributed by atoms with van der Waals surface area (Å²) in [6, 6.07) is 4.85. The molecule has 0 bridgehead atoms. The highest BCUT2D eigenvalue weighted by molar-refractivity contribution is 14.1. The fraction of sp³-hybridized carbons (Fsp3) is 0.143. The lowest BCUT2D eigenvalue weighted by atomic mass is 10.2. The van der Waals surface area contributed by atoms with Gasteiger partial charge in [0.1, 0.15) is 5.82 Å². The van der Waals surface area contributed by atoms with Crippen molar-refractivity contribution in [2.24, 2.45) is 0 Å². The van der Waals surface area contributed by atoms with Gasteiger partial charge in [-0.3, -0.25) is 0 Å². The van der Waals surface area contributed by atoms with Crippen molar-refractivity contribution in [3.05, 3.63) is 33.1 Å². The molecule has 0 aromatic heterocycles. The minimum Gasteiger partial charge on any atom is -0.206 e. The van der Waals surface area contributed by atoms with E-state index in [4.69, 9.17) is 11.6 Å². The van der Waals surface area contributed by atoms with Crippen LogP contribution in [-0.4, -0.2) is 0 Å². The molecule has 0 spiro atoms. The van der Waals surface area contributed by atoms with Gasteiger partial charge in [-0.05, 0) is 40.3 Å². The van der Waals surface area contributed by atoms with Crippen molar-refractivity contribution in [1.29, 1.82) is 0 Å². The molecule has 0 aliphatic heterocycles. The summed E-state index contributed by atoms with van der Waals surface area (Å²) < 4.78 is 13.2. The van der Waals surface area contributed by atoms with Crippen LogP contribution in [0.5, 0.6) is 0 Å². The van der Waals surface area contributed by atoms with Gasteiger partial charge in [-0.1, -0.05) is 6.07 Å². The Morgan fingerprint density at radius 3 is 2.70 bits per heavy atom. The number of benzene rings is 1. The first kappa shape index (κ1) is 8.27. The van der Waals surface area contributed by atoms with Gasteiger partial charge in [-0.25, -0.2) is 4.39 Å². The first-order valence-electron chi connectivity index (χ1n) is 2.74. The molecule has 0 saturated heterocycles. The van der Waals surface area contributed by atoms with E-state index in [0.717, 1.165) is 5.56 Å². The highest BCUT2D eigenvalue weighted by Crippen LogP contribution is 2.13. The second kappa shape index (κ2) is 3.53. The van der Waals surface area contributed by atoms with E-state index in [2.05, 4.69) is 0 Å². The maximum atomic E-state index is 12.6. The summed E-state index contributed by atoms with van der Waals surface area (Å²) in [6.45, 7) is 0. The summed E-state index contributed by atoms with van der Waals surface area (Å²) in [6.07, 6.45) is 0. The van der Waals surface area contributed by atoms with E-state index in [0.29, 0.717) is 9.45 Å². The first-order chi connectivity index (χ1) is 4.74. The topological polar surface area (TPSA) is 0 Å². The molecule has 0 heterocycles. The van der Waals surface area contributed by atoms with Gasteiger partial charge in [-0.2, -0.15) is 0 Å². The van der Waals surface area contributed by atoms with Gasteiger partial charge >= 0.3 is 0 Å². The minimum absolute atomic E-state index is 0.186. The average Bonchev–Trinajstić information content (AvgIpc) is 1.95. The van der Waals surface area contributed by atoms with Gasteiger partial charge in [0.2, 0.25) is 0 Å². The molecule has 0 saturated carbocycles. The van der Waals surface area contributed by atoms with Crippen LogP contribution in [0, 0.1) is 9.39 Å². The lowest BCUT2D eigenvalue weighted by molar-refractivity contribution is 0.620. The molecule has 0 radical (unpaired) electrons. The molecule has 1 aromatic rings. The van der Waals surface area contributed by atoms with Crippen LogP contribution < -0.4 is 0 Å². The molecule has 0 aliphatic rings. The molecule has 0 unspecified atom stereocenters. The molecule has 0 atom stereocenters. The molecule has 0 aliphatic carbocycles. The summed E-state index contributed by atoms with van der Waals surface area (Å²) in [5, 5.41) is 0. The lowest BCUT2D eigenvalue weighted by Crippen LogP contribution is -1.83. The smallest absolute Gasteiger partial charge is 0.136 e. The summed E-state index contributed by atoms with van der Waals surface area (Å²) in [5.41, 5.74) is 0.951. The zero-order valence-electron chi connectivity index (χ0n) is 5.07. The molecule has 0 fully saturated rings. The van der Waals surface area contributed by atoms with Gasteiger partial charge in [0.25, 0.3) is 0 Å². The van der Waals surface area contributed by atoms with Crippen molar-refractivity contribution in [1.82, 2.24) is 0 Å². The van der Waals surface area contributed by atoms with Crippen LogP contribution in [0.1, 0.15) is 5.56 Å². The zero-order valence-corrected chi connectivity index (χ0v) is 7.99. The molecule has 1 rings (SSSR count). The van der Waals surface area contributed by atoms with Crippen LogP contribution in [0.15, 0.2) is 18.2 Å². The van der Waals surface area contributed by atoms with Gasteiger partial charge in [0.15, 0.2) is 0 Å². The standard InChI is InChI=1S/C7H5ClFI/c8-4-5-1-2-6(9)7(10)3-5/h1-3H,4H2. The number of halogens is 3. The average molecular weight is 270 g/mol. The van der Waals surface area contributed by atoms with E-state index in [9.17, 15) is 4.39 Å². The lowest BCUT2D eigenvalue weighted by Gasteiger charge is -1.96. The van der Waals surface area contributed by atoms with E-state index in [-0.39, 0.29) is 5.82 Å². The molecule has 1 aromatic carbocycles. The zero-order chi connectivity index (χ0) is 7.56. The Hall–Kier alpha value is 0.170. The summed E-state index contributed by atoms with van der Waals surface area (Å²) in [7, 11) is 0. The Kier molecular flexibility index (Phi) is 2.92. The van der Waals surface area contributed by atoms with Gasteiger partial charge in [0.05, 0.1) is 0 Å². The highest BCUT2D eigenvalue weighted by atomic mass is 127. The Balaban J connectivity index is 3.04. The van der Waals surface area contributed by atoms with Crippen molar-refractivity contribution in [2.45, 2.75) is 5.88 Å². The summed E-state index contributed by atoms with van der Waals surface area (Å²) >= 11 is 7.47. The number of hydrogen-bond acceptors (Lipinski definition) is 0. The van der Waals surface area contributed by atoms with Crippen LogP contribution in [0.25, 0.3) is 0 Å². The molecule has 0 nitrogen and oxygen atoms in total. The number of hydrogen-bond donors (Lipinski definition) is 0. The largest absolute Gasteiger partial charge is 0.206 e. The Labute approximate surface area is 77.5 Å². The first-order valence-corrected chi connectivity index (χ1v) is 4.35. The molecule has 10 heavy (non-hydrogen) atoms. The third-order valence-electron chi connectivity index (χ3n) is 1.14. The summed E-state index contributed by atoms with van der Waals surface area (Å²) in [4.78, 5) is 0. The van der Waals surface area contributed by atoms with E-state index in [1.807, 2.05) is 22.6 Å². The maximum Gasteiger partial charge on any atom is 0.136 e. The predicted octanol–water partition coefficient (Wildman–Crippen LogP) is 3.17. The normalized spacial score (nSPS) is 9.90. The van der Waals surface area contributed by atoms with Crippen LogP contribution in [-0.2, 0) is 5.88 Å². The second-order valence-electron chi connectivity index (χ2n) is 1.88. The SMILES string of the molecule is Fc1ccc(CCl)cc1I. The molecular formula is C7H5ClFI. The Bertz CT molecular complexity index is 237. The van der Waals surface area contributed by atoms with Gasteiger partial charge < -0.3 is 0 Å². The maximum absolute atomic E-state index is 12.6. The fourth-order valence-corrected chi connectivity index (χ4v) is 1.37. The van der Waals surface area contributed by atoms with Gasteiger partial charge in [-0.15, -0.1) is 11.6 Å². The quantitative estimate of drug-likeness (QED) is 0.543. The predicted molar refractivity (Wildman–Crippen MR) is 48.7 cm³/mol.